The highest BCUT2D eigenvalue weighted by Crippen LogP contribution is 2.28. The van der Waals surface area contributed by atoms with E-state index in [0.717, 1.165) is 0 Å². The molecule has 0 saturated carbocycles. The maximum Gasteiger partial charge on any atom is 0.114 e. The second-order valence-corrected chi connectivity index (χ2v) is 2.67. The maximum atomic E-state index is 10.2. The average molecular weight is 171 g/mol. The smallest absolute Gasteiger partial charge is 0.114 e. The molecule has 0 saturated heterocycles. The van der Waals surface area contributed by atoms with Crippen LogP contribution in [0.5, 0.6) is 0 Å². The van der Waals surface area contributed by atoms with Gasteiger partial charge in [0.1, 0.15) is 5.69 Å². The van der Waals surface area contributed by atoms with E-state index in [9.17, 15) is 4.91 Å². The fraction of sp³-hybridized carbons (Fsp3) is 0.143. The molecule has 0 aromatic heterocycles. The third-order valence-electron chi connectivity index (χ3n) is 1.48. The predicted octanol–water partition coefficient (Wildman–Crippen LogP) is 2.63. The first-order valence-corrected chi connectivity index (χ1v) is 3.42. The van der Waals surface area contributed by atoms with Crippen molar-refractivity contribution in [1.82, 2.24) is 0 Å². The van der Waals surface area contributed by atoms with E-state index in [0.29, 0.717) is 22.0 Å². The zero-order valence-corrected chi connectivity index (χ0v) is 6.72. The van der Waals surface area contributed by atoms with Crippen LogP contribution in [0.2, 0.25) is 5.02 Å². The molecule has 2 N–H and O–H groups in total. The highest BCUT2D eigenvalue weighted by molar-refractivity contribution is 6.31. The van der Waals surface area contributed by atoms with Crippen LogP contribution in [0.1, 0.15) is 5.56 Å². The van der Waals surface area contributed by atoms with Crippen LogP contribution in [0, 0.1) is 11.8 Å². The molecule has 1 rings (SSSR count). The van der Waals surface area contributed by atoms with Gasteiger partial charge < -0.3 is 5.73 Å². The molecule has 0 bridgehead atoms. The Labute approximate surface area is 69.1 Å². The lowest BCUT2D eigenvalue weighted by Crippen LogP contribution is -1.88. The molecule has 0 aliphatic carbocycles. The molecule has 0 amide bonds. The molecule has 0 spiro atoms. The van der Waals surface area contributed by atoms with E-state index in [1.54, 1.807) is 13.0 Å². The summed E-state index contributed by atoms with van der Waals surface area (Å²) in [6, 6.07) is 3.08. The minimum atomic E-state index is 0.301. The summed E-state index contributed by atoms with van der Waals surface area (Å²) in [5.74, 6) is 0. The maximum absolute atomic E-state index is 10.2. The molecule has 0 heterocycles. The molecule has 0 aliphatic heterocycles. The van der Waals surface area contributed by atoms with Crippen LogP contribution in [0.4, 0.5) is 11.4 Å². The summed E-state index contributed by atoms with van der Waals surface area (Å²) in [4.78, 5) is 10.2. The van der Waals surface area contributed by atoms with Gasteiger partial charge in [0.15, 0.2) is 0 Å². The van der Waals surface area contributed by atoms with Gasteiger partial charge in [0.25, 0.3) is 0 Å². The zero-order chi connectivity index (χ0) is 8.43. The van der Waals surface area contributed by atoms with E-state index in [1.165, 1.54) is 6.07 Å². The molecule has 0 unspecified atom stereocenters. The summed E-state index contributed by atoms with van der Waals surface area (Å²) in [5, 5.41) is 3.21. The Morgan fingerprint density at radius 1 is 1.55 bits per heavy atom. The van der Waals surface area contributed by atoms with E-state index in [-0.39, 0.29) is 0 Å². The number of halogens is 1. The third kappa shape index (κ3) is 1.49. The molecule has 0 fully saturated rings. The Balaban J connectivity index is 3.35. The van der Waals surface area contributed by atoms with Crippen LogP contribution in [-0.2, 0) is 0 Å². The molecular formula is C7H7ClN2O. The SMILES string of the molecule is Cc1c(N)cc(Cl)cc1N=O. The van der Waals surface area contributed by atoms with Crippen molar-refractivity contribution in [1.29, 1.82) is 0 Å². The van der Waals surface area contributed by atoms with E-state index in [4.69, 9.17) is 17.3 Å². The first-order valence-electron chi connectivity index (χ1n) is 3.04. The quantitative estimate of drug-likeness (QED) is 0.520. The van der Waals surface area contributed by atoms with Crippen molar-refractivity contribution in [3.63, 3.8) is 0 Å². The van der Waals surface area contributed by atoms with E-state index in [1.807, 2.05) is 0 Å². The van der Waals surface area contributed by atoms with Gasteiger partial charge in [-0.2, -0.15) is 0 Å². The van der Waals surface area contributed by atoms with Crippen LogP contribution in [0.25, 0.3) is 0 Å². The minimum absolute atomic E-state index is 0.301. The molecule has 1 aromatic carbocycles. The number of nitrogens with zero attached hydrogens (tertiary/aromatic N) is 1. The van der Waals surface area contributed by atoms with Gasteiger partial charge in [0.2, 0.25) is 0 Å². The Hall–Kier alpha value is -1.09. The third-order valence-corrected chi connectivity index (χ3v) is 1.70. The highest BCUT2D eigenvalue weighted by atomic mass is 35.5. The van der Waals surface area contributed by atoms with Crippen molar-refractivity contribution in [3.05, 3.63) is 27.6 Å². The molecule has 4 heteroatoms. The molecule has 0 atom stereocenters. The fourth-order valence-corrected chi connectivity index (χ4v) is 1.00. The van der Waals surface area contributed by atoms with Gasteiger partial charge in [0.05, 0.1) is 0 Å². The molecule has 3 nitrogen and oxygen atoms in total. The molecule has 11 heavy (non-hydrogen) atoms. The van der Waals surface area contributed by atoms with Crippen molar-refractivity contribution in [3.8, 4) is 0 Å². The summed E-state index contributed by atoms with van der Waals surface area (Å²) >= 11 is 5.62. The lowest BCUT2D eigenvalue weighted by atomic mass is 10.2. The summed E-state index contributed by atoms with van der Waals surface area (Å²) in [6.45, 7) is 1.72. The largest absolute Gasteiger partial charge is 0.398 e. The molecule has 1 aromatic rings. The van der Waals surface area contributed by atoms with E-state index in [2.05, 4.69) is 5.18 Å². The van der Waals surface area contributed by atoms with Gasteiger partial charge >= 0.3 is 0 Å². The summed E-state index contributed by atoms with van der Waals surface area (Å²) < 4.78 is 0. The van der Waals surface area contributed by atoms with Gasteiger partial charge in [-0.05, 0) is 24.2 Å². The normalized spacial score (nSPS) is 9.64. The Bertz CT molecular complexity index is 299. The van der Waals surface area contributed by atoms with E-state index >= 15 is 0 Å². The number of nitrogens with two attached hydrogens (primary N) is 1. The number of hydrogen-bond acceptors (Lipinski definition) is 3. The number of anilines is 1. The summed E-state index contributed by atoms with van der Waals surface area (Å²) in [5.41, 5.74) is 6.98. The Kier molecular flexibility index (Phi) is 2.10. The average Bonchev–Trinajstić information content (AvgIpc) is 1.96. The lowest BCUT2D eigenvalue weighted by molar-refractivity contribution is 1.39. The number of benzene rings is 1. The standard InChI is InChI=1S/C7H7ClN2O/c1-4-6(9)2-5(8)3-7(4)10-11/h2-3H,9H2,1H3. The summed E-state index contributed by atoms with van der Waals surface area (Å²) in [6.07, 6.45) is 0. The molecule has 0 aliphatic rings. The number of nitroso groups, excluding NO2 is 1. The van der Waals surface area contributed by atoms with Gasteiger partial charge in [-0.3, -0.25) is 0 Å². The van der Waals surface area contributed by atoms with Crippen molar-refractivity contribution < 1.29 is 0 Å². The molecule has 58 valence electrons. The summed E-state index contributed by atoms with van der Waals surface area (Å²) in [7, 11) is 0. The van der Waals surface area contributed by atoms with Crippen LogP contribution in [0.15, 0.2) is 17.3 Å². The Morgan fingerprint density at radius 2 is 2.18 bits per heavy atom. The van der Waals surface area contributed by atoms with Crippen LogP contribution in [0.3, 0.4) is 0 Å². The van der Waals surface area contributed by atoms with Crippen LogP contribution >= 0.6 is 11.6 Å². The zero-order valence-electron chi connectivity index (χ0n) is 5.97. The fourth-order valence-electron chi connectivity index (χ4n) is 0.780. The number of hydrogen-bond donors (Lipinski definition) is 1. The van der Waals surface area contributed by atoms with Gasteiger partial charge in [-0.1, -0.05) is 11.6 Å². The topological polar surface area (TPSA) is 55.4 Å². The monoisotopic (exact) mass is 170 g/mol. The lowest BCUT2D eigenvalue weighted by Gasteiger charge is -2.01. The second-order valence-electron chi connectivity index (χ2n) is 2.23. The van der Waals surface area contributed by atoms with Crippen molar-refractivity contribution in [2.45, 2.75) is 6.92 Å². The number of rotatable bonds is 1. The van der Waals surface area contributed by atoms with Crippen molar-refractivity contribution in [2.24, 2.45) is 5.18 Å². The first-order chi connectivity index (χ1) is 5.15. The minimum Gasteiger partial charge on any atom is -0.398 e. The van der Waals surface area contributed by atoms with Gasteiger partial charge in [-0.15, -0.1) is 4.91 Å². The van der Waals surface area contributed by atoms with Crippen molar-refractivity contribution in [2.75, 3.05) is 5.73 Å². The first kappa shape index (κ1) is 8.01. The van der Waals surface area contributed by atoms with Gasteiger partial charge in [-0.25, -0.2) is 0 Å². The Morgan fingerprint density at radius 3 is 2.73 bits per heavy atom. The van der Waals surface area contributed by atoms with Crippen LogP contribution < -0.4 is 5.73 Å². The molecule has 0 radical (unpaired) electrons. The molecular weight excluding hydrogens is 164 g/mol. The van der Waals surface area contributed by atoms with Crippen molar-refractivity contribution >= 4 is 23.0 Å². The predicted molar refractivity (Wildman–Crippen MR) is 46.1 cm³/mol. The second kappa shape index (κ2) is 2.88. The van der Waals surface area contributed by atoms with E-state index < -0.39 is 0 Å². The van der Waals surface area contributed by atoms with Gasteiger partial charge in [0, 0.05) is 16.3 Å². The number of nitrogen functional groups attached to an aromatic ring is 1. The van der Waals surface area contributed by atoms with Crippen LogP contribution in [-0.4, -0.2) is 0 Å². The highest BCUT2D eigenvalue weighted by Gasteiger charge is 2.03.